The number of methoxy groups -OCH3 is 1. The maximum absolute atomic E-state index is 12.0. The highest BCUT2D eigenvalue weighted by Gasteiger charge is 2.11. The number of benzene rings is 1. The lowest BCUT2D eigenvalue weighted by molar-refractivity contribution is -0.884. The Morgan fingerprint density at radius 2 is 2.20 bits per heavy atom. The third-order valence-electron chi connectivity index (χ3n) is 2.87. The van der Waals surface area contributed by atoms with E-state index >= 15 is 0 Å². The van der Waals surface area contributed by atoms with Crippen molar-refractivity contribution in [3.63, 3.8) is 0 Å². The van der Waals surface area contributed by atoms with Gasteiger partial charge in [0.15, 0.2) is 6.54 Å². The molecule has 1 amide bonds. The van der Waals surface area contributed by atoms with E-state index in [0.29, 0.717) is 6.54 Å². The largest absolute Gasteiger partial charge is 0.497 e. The summed E-state index contributed by atoms with van der Waals surface area (Å²) in [7, 11) is 3.63. The molecule has 0 fully saturated rings. The molecule has 106 valence electrons. The molecule has 0 radical (unpaired) electrons. The van der Waals surface area contributed by atoms with Gasteiger partial charge in [0.1, 0.15) is 12.3 Å². The predicted molar refractivity (Wildman–Crippen MR) is 81.4 cm³/mol. The molecule has 1 aromatic carbocycles. The molecule has 0 saturated carbocycles. The minimum Gasteiger partial charge on any atom is -0.497 e. The molecule has 0 aliphatic carbocycles. The number of carbonyl (C=O) groups excluding carboxylic acids is 1. The van der Waals surface area contributed by atoms with Crippen LogP contribution in [0, 0.1) is 0 Å². The van der Waals surface area contributed by atoms with E-state index in [-0.39, 0.29) is 5.91 Å². The van der Waals surface area contributed by atoms with Gasteiger partial charge in [0, 0.05) is 11.8 Å². The van der Waals surface area contributed by atoms with Crippen LogP contribution in [-0.4, -0.2) is 26.6 Å². The third kappa shape index (κ3) is 4.36. The van der Waals surface area contributed by atoms with Crippen LogP contribution in [0.4, 0.5) is 5.69 Å². The molecule has 20 heavy (non-hydrogen) atoms. The summed E-state index contributed by atoms with van der Waals surface area (Å²) >= 11 is 1.72. The molecule has 2 aromatic rings. The van der Waals surface area contributed by atoms with E-state index in [4.69, 9.17) is 4.74 Å². The van der Waals surface area contributed by atoms with Crippen molar-refractivity contribution in [3.05, 3.63) is 46.7 Å². The number of quaternary nitrogens is 1. The molecule has 1 unspecified atom stereocenters. The van der Waals surface area contributed by atoms with Crippen molar-refractivity contribution in [1.82, 2.24) is 0 Å². The van der Waals surface area contributed by atoms with Gasteiger partial charge < -0.3 is 15.0 Å². The monoisotopic (exact) mass is 291 g/mol. The van der Waals surface area contributed by atoms with E-state index in [1.54, 1.807) is 18.4 Å². The second-order valence-electron chi connectivity index (χ2n) is 4.67. The Bertz CT molecular complexity index is 555. The average molecular weight is 291 g/mol. The van der Waals surface area contributed by atoms with Gasteiger partial charge in [0.25, 0.3) is 5.91 Å². The standard InChI is InChI=1S/C15H18N2O2S/c1-17(10-14-7-4-8-20-14)11-15(18)16-12-5-3-6-13(9-12)19-2/h3-9H,10-11H2,1-2H3,(H,16,18)/p+1. The van der Waals surface area contributed by atoms with Crippen molar-refractivity contribution in [2.45, 2.75) is 6.54 Å². The first-order valence-electron chi connectivity index (χ1n) is 6.45. The van der Waals surface area contributed by atoms with Crippen LogP contribution in [-0.2, 0) is 11.3 Å². The molecule has 0 aliphatic rings. The number of rotatable bonds is 6. The summed E-state index contributed by atoms with van der Waals surface area (Å²) in [4.78, 5) is 14.4. The Hall–Kier alpha value is -1.85. The molecule has 2 rings (SSSR count). The quantitative estimate of drug-likeness (QED) is 0.845. The Kier molecular flexibility index (Phi) is 5.15. The normalized spacial score (nSPS) is 11.9. The number of ether oxygens (including phenoxy) is 1. The lowest BCUT2D eigenvalue weighted by atomic mass is 10.3. The smallest absolute Gasteiger partial charge is 0.279 e. The van der Waals surface area contributed by atoms with Gasteiger partial charge in [-0.25, -0.2) is 0 Å². The van der Waals surface area contributed by atoms with Crippen molar-refractivity contribution in [2.24, 2.45) is 0 Å². The molecular weight excluding hydrogens is 272 g/mol. The second-order valence-corrected chi connectivity index (χ2v) is 5.70. The van der Waals surface area contributed by atoms with Gasteiger partial charge in [0.05, 0.1) is 19.0 Å². The first-order chi connectivity index (χ1) is 9.67. The first kappa shape index (κ1) is 14.6. The predicted octanol–water partition coefficient (Wildman–Crippen LogP) is 1.41. The lowest BCUT2D eigenvalue weighted by Gasteiger charge is -2.13. The average Bonchev–Trinajstić information content (AvgIpc) is 2.91. The number of anilines is 1. The van der Waals surface area contributed by atoms with Crippen molar-refractivity contribution in [3.8, 4) is 5.75 Å². The zero-order chi connectivity index (χ0) is 14.4. The van der Waals surface area contributed by atoms with Crippen LogP contribution in [0.25, 0.3) is 0 Å². The fourth-order valence-electron chi connectivity index (χ4n) is 1.95. The van der Waals surface area contributed by atoms with E-state index in [9.17, 15) is 4.79 Å². The van der Waals surface area contributed by atoms with Gasteiger partial charge in [-0.1, -0.05) is 12.1 Å². The molecule has 5 heteroatoms. The third-order valence-corrected chi connectivity index (χ3v) is 3.75. The van der Waals surface area contributed by atoms with Crippen molar-refractivity contribution < 1.29 is 14.4 Å². The van der Waals surface area contributed by atoms with Crippen LogP contribution in [0.5, 0.6) is 5.75 Å². The zero-order valence-electron chi connectivity index (χ0n) is 11.7. The number of hydrogen-bond acceptors (Lipinski definition) is 3. The topological polar surface area (TPSA) is 42.8 Å². The van der Waals surface area contributed by atoms with Crippen LogP contribution in [0.2, 0.25) is 0 Å². The molecule has 2 N–H and O–H groups in total. The summed E-state index contributed by atoms with van der Waals surface area (Å²) in [6.07, 6.45) is 0. The van der Waals surface area contributed by atoms with Crippen molar-refractivity contribution in [2.75, 3.05) is 26.0 Å². The van der Waals surface area contributed by atoms with Crippen LogP contribution in [0.3, 0.4) is 0 Å². The first-order valence-corrected chi connectivity index (χ1v) is 7.33. The Morgan fingerprint density at radius 1 is 1.35 bits per heavy atom. The maximum Gasteiger partial charge on any atom is 0.279 e. The summed E-state index contributed by atoms with van der Waals surface area (Å²) in [6, 6.07) is 11.5. The van der Waals surface area contributed by atoms with E-state index in [2.05, 4.69) is 16.8 Å². The number of likely N-dealkylation sites (N-methyl/N-ethyl adjacent to an activating group) is 1. The number of nitrogens with one attached hydrogen (secondary N) is 2. The van der Waals surface area contributed by atoms with Gasteiger partial charge >= 0.3 is 0 Å². The molecule has 1 aromatic heterocycles. The molecule has 0 spiro atoms. The molecule has 1 atom stereocenters. The fraction of sp³-hybridized carbons (Fsp3) is 0.267. The molecule has 0 bridgehead atoms. The Balaban J connectivity index is 1.85. The van der Waals surface area contributed by atoms with Gasteiger partial charge in [-0.15, -0.1) is 11.3 Å². The Labute approximate surface area is 123 Å². The van der Waals surface area contributed by atoms with E-state index in [1.807, 2.05) is 37.4 Å². The van der Waals surface area contributed by atoms with Gasteiger partial charge in [-0.05, 0) is 23.6 Å². The molecule has 0 aliphatic heterocycles. The van der Waals surface area contributed by atoms with Gasteiger partial charge in [-0.2, -0.15) is 0 Å². The highest BCUT2D eigenvalue weighted by Crippen LogP contribution is 2.16. The van der Waals surface area contributed by atoms with E-state index < -0.39 is 0 Å². The fourth-order valence-corrected chi connectivity index (χ4v) is 2.77. The Morgan fingerprint density at radius 3 is 2.90 bits per heavy atom. The maximum atomic E-state index is 12.0. The van der Waals surface area contributed by atoms with Gasteiger partial charge in [-0.3, -0.25) is 4.79 Å². The van der Waals surface area contributed by atoms with E-state index in [1.165, 1.54) is 4.88 Å². The summed E-state index contributed by atoms with van der Waals surface area (Å²) in [5.74, 6) is 0.745. The zero-order valence-corrected chi connectivity index (χ0v) is 12.5. The highest BCUT2D eigenvalue weighted by molar-refractivity contribution is 7.09. The molecule has 1 heterocycles. The number of amides is 1. The number of thiophene rings is 1. The minimum atomic E-state index is 0.00677. The van der Waals surface area contributed by atoms with Crippen LogP contribution in [0.1, 0.15) is 4.88 Å². The molecular formula is C15H19N2O2S+. The molecule has 0 saturated heterocycles. The van der Waals surface area contributed by atoms with Gasteiger partial charge in [0.2, 0.25) is 0 Å². The van der Waals surface area contributed by atoms with Crippen molar-refractivity contribution in [1.29, 1.82) is 0 Å². The SMILES string of the molecule is COc1cccc(NC(=O)C[NH+](C)Cc2cccs2)c1. The molecule has 4 nitrogen and oxygen atoms in total. The lowest BCUT2D eigenvalue weighted by Crippen LogP contribution is -3.08. The summed E-state index contributed by atoms with van der Waals surface area (Å²) in [5, 5.41) is 4.95. The minimum absolute atomic E-state index is 0.00677. The highest BCUT2D eigenvalue weighted by atomic mass is 32.1. The number of carbonyl (C=O) groups is 1. The van der Waals surface area contributed by atoms with Crippen LogP contribution >= 0.6 is 11.3 Å². The second kappa shape index (κ2) is 7.07. The van der Waals surface area contributed by atoms with E-state index in [0.717, 1.165) is 22.9 Å². The van der Waals surface area contributed by atoms with Crippen LogP contribution in [0.15, 0.2) is 41.8 Å². The number of hydrogen-bond donors (Lipinski definition) is 2. The summed E-state index contributed by atoms with van der Waals surface area (Å²) < 4.78 is 5.13. The van der Waals surface area contributed by atoms with Crippen LogP contribution < -0.4 is 15.0 Å². The summed E-state index contributed by atoms with van der Waals surface area (Å²) in [6.45, 7) is 1.30. The van der Waals surface area contributed by atoms with Crippen molar-refractivity contribution >= 4 is 22.9 Å². The summed E-state index contributed by atoms with van der Waals surface area (Å²) in [5.41, 5.74) is 0.762.